The van der Waals surface area contributed by atoms with Crippen molar-refractivity contribution in [1.82, 2.24) is 0 Å². The van der Waals surface area contributed by atoms with Gasteiger partial charge in [0.2, 0.25) is 0 Å². The number of anilines is 1. The maximum absolute atomic E-state index is 11.4. The van der Waals surface area contributed by atoms with Crippen molar-refractivity contribution in [3.05, 3.63) is 37.4 Å². The minimum Gasteiger partial charge on any atom is -0.371 e. The first-order chi connectivity index (χ1) is 9.91. The van der Waals surface area contributed by atoms with Gasteiger partial charge in [-0.05, 0) is 32.3 Å². The van der Waals surface area contributed by atoms with Gasteiger partial charge in [-0.25, -0.2) is 0 Å². The van der Waals surface area contributed by atoms with Crippen molar-refractivity contribution in [3.8, 4) is 0 Å². The van der Waals surface area contributed by atoms with Gasteiger partial charge in [0.25, 0.3) is 5.69 Å². The number of nitrogens with zero attached hydrogens (tertiary/aromatic N) is 2. The van der Waals surface area contributed by atoms with Crippen LogP contribution in [0.25, 0.3) is 0 Å². The van der Waals surface area contributed by atoms with Gasteiger partial charge < -0.3 is 5.32 Å². The molecule has 0 amide bonds. The molecule has 2 rings (SSSR count). The maximum atomic E-state index is 11.4. The molecule has 0 saturated heterocycles. The number of hydrogen-bond acceptors (Lipinski definition) is 5. The van der Waals surface area contributed by atoms with Crippen molar-refractivity contribution < 1.29 is 9.85 Å². The van der Waals surface area contributed by atoms with E-state index < -0.39 is 9.85 Å². The first-order valence-corrected chi connectivity index (χ1v) is 7.11. The van der Waals surface area contributed by atoms with Crippen LogP contribution in [-0.2, 0) is 0 Å². The van der Waals surface area contributed by atoms with Crippen LogP contribution in [0.2, 0.25) is 0 Å². The summed E-state index contributed by atoms with van der Waals surface area (Å²) in [5.41, 5.74) is 0.703. The van der Waals surface area contributed by atoms with E-state index in [-0.39, 0.29) is 23.1 Å². The zero-order valence-corrected chi connectivity index (χ0v) is 12.2. The fourth-order valence-corrected chi connectivity index (χ4v) is 2.85. The molecule has 1 aliphatic carbocycles. The van der Waals surface area contributed by atoms with E-state index in [1.54, 1.807) is 13.8 Å². The topological polar surface area (TPSA) is 98.3 Å². The van der Waals surface area contributed by atoms with Gasteiger partial charge in [0.15, 0.2) is 5.69 Å². The fraction of sp³-hybridized carbons (Fsp3) is 0.571. The minimum absolute atomic E-state index is 0.0556. The number of nitro benzene ring substituents is 2. The molecule has 1 fully saturated rings. The Balaban J connectivity index is 2.51. The van der Waals surface area contributed by atoms with E-state index >= 15 is 0 Å². The smallest absolute Gasteiger partial charge is 0.302 e. The quantitative estimate of drug-likeness (QED) is 0.671. The number of rotatable bonds is 4. The number of nitro groups is 2. The molecule has 0 heterocycles. The molecule has 0 radical (unpaired) electrons. The van der Waals surface area contributed by atoms with Crippen LogP contribution in [0.5, 0.6) is 0 Å². The highest BCUT2D eigenvalue weighted by molar-refractivity contribution is 5.78. The second kappa shape index (κ2) is 6.07. The second-order valence-electron chi connectivity index (χ2n) is 5.55. The highest BCUT2D eigenvalue weighted by Crippen LogP contribution is 2.40. The zero-order valence-electron chi connectivity index (χ0n) is 12.2. The molecule has 114 valence electrons. The zero-order chi connectivity index (χ0) is 15.6. The number of hydrogen-bond donors (Lipinski definition) is 1. The normalized spacial score (nSPS) is 15.7. The van der Waals surface area contributed by atoms with E-state index in [0.717, 1.165) is 32.1 Å². The maximum Gasteiger partial charge on any atom is 0.302 e. The molecule has 1 aromatic rings. The summed E-state index contributed by atoms with van der Waals surface area (Å²) in [5, 5.41) is 25.7. The van der Waals surface area contributed by atoms with E-state index in [1.807, 2.05) is 0 Å². The van der Waals surface area contributed by atoms with Gasteiger partial charge in [-0.1, -0.05) is 19.3 Å². The molecule has 0 spiro atoms. The molecule has 0 aliphatic heterocycles. The third-order valence-corrected chi connectivity index (χ3v) is 4.13. The monoisotopic (exact) mass is 293 g/mol. The minimum atomic E-state index is -0.551. The van der Waals surface area contributed by atoms with Crippen LogP contribution in [-0.4, -0.2) is 15.9 Å². The fourth-order valence-electron chi connectivity index (χ4n) is 2.85. The largest absolute Gasteiger partial charge is 0.371 e. The lowest BCUT2D eigenvalue weighted by molar-refractivity contribution is -0.392. The van der Waals surface area contributed by atoms with Crippen LogP contribution >= 0.6 is 0 Å². The molecule has 1 saturated carbocycles. The van der Waals surface area contributed by atoms with E-state index in [1.165, 1.54) is 6.07 Å². The Labute approximate surface area is 122 Å². The van der Waals surface area contributed by atoms with Crippen LogP contribution < -0.4 is 5.32 Å². The standard InChI is InChI=1S/C14H19N3O4/c1-9-8-12(16(18)19)13(14(10(9)2)17(20)21)15-11-6-4-3-5-7-11/h8,11,15H,3-7H2,1-2H3. The molecule has 21 heavy (non-hydrogen) atoms. The van der Waals surface area contributed by atoms with E-state index in [9.17, 15) is 20.2 Å². The molecule has 1 N–H and O–H groups in total. The van der Waals surface area contributed by atoms with Crippen LogP contribution in [0.1, 0.15) is 43.2 Å². The summed E-state index contributed by atoms with van der Waals surface area (Å²) >= 11 is 0. The first kappa shape index (κ1) is 15.2. The van der Waals surface area contributed by atoms with Crippen molar-refractivity contribution >= 4 is 17.1 Å². The number of nitrogens with one attached hydrogen (secondary N) is 1. The van der Waals surface area contributed by atoms with Gasteiger partial charge in [-0.15, -0.1) is 0 Å². The average Bonchev–Trinajstić information content (AvgIpc) is 2.43. The molecule has 7 heteroatoms. The summed E-state index contributed by atoms with van der Waals surface area (Å²) in [6.45, 7) is 3.28. The summed E-state index contributed by atoms with van der Waals surface area (Å²) in [5.74, 6) is 0. The lowest BCUT2D eigenvalue weighted by Gasteiger charge is -2.24. The lowest BCUT2D eigenvalue weighted by Crippen LogP contribution is -2.23. The summed E-state index contributed by atoms with van der Waals surface area (Å²) in [4.78, 5) is 21.5. The van der Waals surface area contributed by atoms with Gasteiger partial charge in [0, 0.05) is 17.7 Å². The SMILES string of the molecule is Cc1cc([N+](=O)[O-])c(NC2CCCCC2)c([N+](=O)[O-])c1C. The average molecular weight is 293 g/mol. The van der Waals surface area contributed by atoms with Crippen LogP contribution in [0.4, 0.5) is 17.1 Å². The van der Waals surface area contributed by atoms with Crippen molar-refractivity contribution in [2.45, 2.75) is 52.0 Å². The summed E-state index contributed by atoms with van der Waals surface area (Å²) in [7, 11) is 0. The van der Waals surface area contributed by atoms with Crippen LogP contribution in [0.3, 0.4) is 0 Å². The third kappa shape index (κ3) is 3.12. The first-order valence-electron chi connectivity index (χ1n) is 7.11. The molecular formula is C14H19N3O4. The number of aryl methyl sites for hydroxylation is 1. The van der Waals surface area contributed by atoms with Crippen molar-refractivity contribution in [1.29, 1.82) is 0 Å². The molecule has 0 aromatic heterocycles. The van der Waals surface area contributed by atoms with Gasteiger partial charge in [0.1, 0.15) is 0 Å². The van der Waals surface area contributed by atoms with Gasteiger partial charge >= 0.3 is 5.69 Å². The van der Waals surface area contributed by atoms with Crippen molar-refractivity contribution in [3.63, 3.8) is 0 Å². The third-order valence-electron chi connectivity index (χ3n) is 4.13. The molecule has 0 bridgehead atoms. The summed E-state index contributed by atoms with van der Waals surface area (Å²) in [6, 6.07) is 1.48. The van der Waals surface area contributed by atoms with Crippen molar-refractivity contribution in [2.75, 3.05) is 5.32 Å². The van der Waals surface area contributed by atoms with Crippen molar-refractivity contribution in [2.24, 2.45) is 0 Å². The van der Waals surface area contributed by atoms with Gasteiger partial charge in [0.05, 0.1) is 9.85 Å². The molecule has 0 unspecified atom stereocenters. The second-order valence-corrected chi connectivity index (χ2v) is 5.55. The summed E-state index contributed by atoms with van der Waals surface area (Å²) in [6.07, 6.45) is 5.02. The Morgan fingerprint density at radius 1 is 1.10 bits per heavy atom. The predicted molar refractivity (Wildman–Crippen MR) is 79.7 cm³/mol. The lowest BCUT2D eigenvalue weighted by atomic mass is 9.94. The molecule has 0 atom stereocenters. The van der Waals surface area contributed by atoms with E-state index in [2.05, 4.69) is 5.32 Å². The Kier molecular flexibility index (Phi) is 4.40. The van der Waals surface area contributed by atoms with E-state index in [4.69, 9.17) is 0 Å². The Morgan fingerprint density at radius 2 is 1.71 bits per heavy atom. The highest BCUT2D eigenvalue weighted by Gasteiger charge is 2.31. The summed E-state index contributed by atoms with van der Waals surface area (Å²) < 4.78 is 0. The van der Waals surface area contributed by atoms with Crippen LogP contribution in [0.15, 0.2) is 6.07 Å². The molecule has 1 aromatic carbocycles. The molecular weight excluding hydrogens is 274 g/mol. The molecule has 1 aliphatic rings. The van der Waals surface area contributed by atoms with Gasteiger partial charge in [-0.3, -0.25) is 20.2 Å². The predicted octanol–water partition coefficient (Wildman–Crippen LogP) is 3.86. The Morgan fingerprint density at radius 3 is 2.24 bits per heavy atom. The Bertz CT molecular complexity index is 580. The Hall–Kier alpha value is -2.18. The highest BCUT2D eigenvalue weighted by atomic mass is 16.6. The molecule has 7 nitrogen and oxygen atoms in total. The van der Waals surface area contributed by atoms with Crippen LogP contribution in [0, 0.1) is 34.1 Å². The van der Waals surface area contributed by atoms with Gasteiger partial charge in [-0.2, -0.15) is 0 Å². The van der Waals surface area contributed by atoms with E-state index in [0.29, 0.717) is 11.1 Å². The number of benzene rings is 1.